The number of rotatable bonds is 7. The number of carbonyl (C=O) groups is 1. The van der Waals surface area contributed by atoms with E-state index >= 15 is 0 Å². The fourth-order valence-electron chi connectivity index (χ4n) is 4.37. The summed E-state index contributed by atoms with van der Waals surface area (Å²) in [5.41, 5.74) is 1.51. The van der Waals surface area contributed by atoms with Crippen LogP contribution in [0.25, 0.3) is 0 Å². The van der Waals surface area contributed by atoms with Gasteiger partial charge >= 0.3 is 0 Å². The Bertz CT molecular complexity index is 608. The molecular weight excluding hydrogens is 340 g/mol. The summed E-state index contributed by atoms with van der Waals surface area (Å²) in [7, 11) is 1.67. The first-order chi connectivity index (χ1) is 13.1. The van der Waals surface area contributed by atoms with E-state index in [0.717, 1.165) is 55.9 Å². The van der Waals surface area contributed by atoms with Crippen LogP contribution in [0, 0.1) is 11.3 Å². The maximum Gasteiger partial charge on any atom is 0.233 e. The minimum absolute atomic E-state index is 0.0602. The molecule has 2 unspecified atom stereocenters. The molecule has 1 aromatic rings. The minimum Gasteiger partial charge on any atom is -0.384 e. The molecule has 5 nitrogen and oxygen atoms in total. The van der Waals surface area contributed by atoms with Crippen molar-refractivity contribution in [2.45, 2.75) is 58.2 Å². The highest BCUT2D eigenvalue weighted by atomic mass is 16.5. The van der Waals surface area contributed by atoms with Crippen molar-refractivity contribution >= 4 is 11.6 Å². The van der Waals surface area contributed by atoms with E-state index in [9.17, 15) is 4.79 Å². The molecule has 2 aliphatic rings. The van der Waals surface area contributed by atoms with E-state index in [1.54, 1.807) is 7.11 Å². The monoisotopic (exact) mass is 374 g/mol. The Morgan fingerprint density at radius 1 is 1.30 bits per heavy atom. The van der Waals surface area contributed by atoms with Crippen molar-refractivity contribution in [3.8, 4) is 0 Å². The lowest BCUT2D eigenvalue weighted by molar-refractivity contribution is -0.130. The molecule has 27 heavy (non-hydrogen) atoms. The van der Waals surface area contributed by atoms with Crippen LogP contribution in [0.15, 0.2) is 24.3 Å². The molecule has 0 radical (unpaired) electrons. The van der Waals surface area contributed by atoms with E-state index in [4.69, 9.17) is 9.47 Å². The van der Waals surface area contributed by atoms with Crippen molar-refractivity contribution < 1.29 is 14.3 Å². The Kier molecular flexibility index (Phi) is 7.27. The molecule has 1 aromatic carbocycles. The second-order valence-electron chi connectivity index (χ2n) is 8.32. The summed E-state index contributed by atoms with van der Waals surface area (Å²) in [6, 6.07) is 8.04. The third-order valence-corrected chi connectivity index (χ3v) is 6.02. The standard InChI is InChI=1S/C22H34N2O3/c1-17-5-3-8-20(13-17)27-15-18-6-4-7-19(14-18)24-21(25)22(16-26-2)9-11-23-12-10-22/h4,6-7,14,17,20,23H,3,5,8-13,15-16H2,1-2H3,(H,24,25). The van der Waals surface area contributed by atoms with Crippen LogP contribution in [0.5, 0.6) is 0 Å². The number of carbonyl (C=O) groups excluding carboxylic acids is 1. The number of nitrogens with one attached hydrogen (secondary N) is 2. The Balaban J connectivity index is 1.58. The average Bonchev–Trinajstić information content (AvgIpc) is 2.68. The molecule has 1 saturated carbocycles. The molecule has 0 aromatic heterocycles. The molecule has 0 spiro atoms. The van der Waals surface area contributed by atoms with E-state index in [-0.39, 0.29) is 5.91 Å². The number of amides is 1. The van der Waals surface area contributed by atoms with Gasteiger partial charge in [0.25, 0.3) is 0 Å². The molecule has 1 aliphatic carbocycles. The zero-order valence-electron chi connectivity index (χ0n) is 16.8. The van der Waals surface area contributed by atoms with Gasteiger partial charge in [-0.15, -0.1) is 0 Å². The number of ether oxygens (including phenoxy) is 2. The van der Waals surface area contributed by atoms with Gasteiger partial charge in [-0.25, -0.2) is 0 Å². The van der Waals surface area contributed by atoms with Crippen LogP contribution in [0.2, 0.25) is 0 Å². The highest BCUT2D eigenvalue weighted by Crippen LogP contribution is 2.31. The molecule has 1 saturated heterocycles. The molecule has 5 heteroatoms. The molecule has 2 N–H and O–H groups in total. The van der Waals surface area contributed by atoms with E-state index in [1.165, 1.54) is 12.8 Å². The molecule has 0 bridgehead atoms. The zero-order valence-corrected chi connectivity index (χ0v) is 16.8. The van der Waals surface area contributed by atoms with E-state index < -0.39 is 5.41 Å². The van der Waals surface area contributed by atoms with Gasteiger partial charge in [0, 0.05) is 12.8 Å². The van der Waals surface area contributed by atoms with Crippen LogP contribution in [0.3, 0.4) is 0 Å². The predicted octanol–water partition coefficient (Wildman–Crippen LogP) is 3.74. The van der Waals surface area contributed by atoms with E-state index in [2.05, 4.69) is 23.6 Å². The minimum atomic E-state index is -0.440. The molecule has 2 atom stereocenters. The van der Waals surface area contributed by atoms with Crippen LogP contribution < -0.4 is 10.6 Å². The first-order valence-electron chi connectivity index (χ1n) is 10.3. The normalized spacial score (nSPS) is 25.1. The molecular formula is C22H34N2O3. The molecule has 3 rings (SSSR count). The van der Waals surface area contributed by atoms with Crippen molar-refractivity contribution in [3.63, 3.8) is 0 Å². The first kappa shape index (κ1) is 20.3. The second-order valence-corrected chi connectivity index (χ2v) is 8.32. The van der Waals surface area contributed by atoms with E-state index in [0.29, 0.717) is 19.3 Å². The number of piperidine rings is 1. The van der Waals surface area contributed by atoms with Gasteiger partial charge in [-0.1, -0.05) is 31.9 Å². The number of hydrogen-bond acceptors (Lipinski definition) is 4. The Morgan fingerprint density at radius 3 is 2.85 bits per heavy atom. The van der Waals surface area contributed by atoms with Gasteiger partial charge in [-0.3, -0.25) is 4.79 Å². The lowest BCUT2D eigenvalue weighted by Crippen LogP contribution is -2.47. The van der Waals surface area contributed by atoms with Crippen molar-refractivity contribution in [1.82, 2.24) is 5.32 Å². The molecule has 2 fully saturated rings. The fourth-order valence-corrected chi connectivity index (χ4v) is 4.37. The molecule has 1 heterocycles. The summed E-state index contributed by atoms with van der Waals surface area (Å²) >= 11 is 0. The van der Waals surface area contributed by atoms with E-state index in [1.807, 2.05) is 18.2 Å². The summed E-state index contributed by atoms with van der Waals surface area (Å²) in [5.74, 6) is 0.821. The highest BCUT2D eigenvalue weighted by Gasteiger charge is 2.39. The molecule has 1 aliphatic heterocycles. The van der Waals surface area contributed by atoms with Gasteiger partial charge in [-0.2, -0.15) is 0 Å². The molecule has 1 amide bonds. The zero-order chi connectivity index (χ0) is 19.1. The highest BCUT2D eigenvalue weighted by molar-refractivity contribution is 5.95. The smallest absolute Gasteiger partial charge is 0.233 e. The van der Waals surface area contributed by atoms with Crippen molar-refractivity contribution in [2.24, 2.45) is 11.3 Å². The summed E-state index contributed by atoms with van der Waals surface area (Å²) in [6.07, 6.45) is 6.87. The van der Waals surface area contributed by atoms with Crippen LogP contribution in [0.1, 0.15) is 51.0 Å². The van der Waals surface area contributed by atoms with Gasteiger partial charge in [0.1, 0.15) is 0 Å². The van der Waals surface area contributed by atoms with Gasteiger partial charge in [-0.05, 0) is 62.4 Å². The summed E-state index contributed by atoms with van der Waals surface area (Å²) < 4.78 is 11.5. The summed E-state index contributed by atoms with van der Waals surface area (Å²) in [4.78, 5) is 13.0. The average molecular weight is 375 g/mol. The van der Waals surface area contributed by atoms with Crippen LogP contribution in [0.4, 0.5) is 5.69 Å². The lowest BCUT2D eigenvalue weighted by atomic mass is 9.78. The summed E-state index contributed by atoms with van der Waals surface area (Å²) in [6.45, 7) is 5.08. The maximum absolute atomic E-state index is 13.0. The number of anilines is 1. The topological polar surface area (TPSA) is 59.6 Å². The first-order valence-corrected chi connectivity index (χ1v) is 10.3. The van der Waals surface area contributed by atoms with Crippen LogP contribution in [-0.2, 0) is 20.9 Å². The lowest BCUT2D eigenvalue weighted by Gasteiger charge is -2.35. The third kappa shape index (κ3) is 5.53. The Labute approximate surface area is 163 Å². The fraction of sp³-hybridized carbons (Fsp3) is 0.682. The number of methoxy groups -OCH3 is 1. The van der Waals surface area contributed by atoms with Crippen molar-refractivity contribution in [3.05, 3.63) is 29.8 Å². The van der Waals surface area contributed by atoms with Gasteiger partial charge in [0.2, 0.25) is 5.91 Å². The van der Waals surface area contributed by atoms with Gasteiger partial charge in [0.05, 0.1) is 24.7 Å². The number of benzene rings is 1. The van der Waals surface area contributed by atoms with Crippen molar-refractivity contribution in [1.29, 1.82) is 0 Å². The maximum atomic E-state index is 13.0. The van der Waals surface area contributed by atoms with Gasteiger partial charge < -0.3 is 20.1 Å². The Morgan fingerprint density at radius 2 is 2.11 bits per heavy atom. The quantitative estimate of drug-likeness (QED) is 0.763. The number of hydrogen-bond donors (Lipinski definition) is 2. The Hall–Kier alpha value is -1.43. The largest absolute Gasteiger partial charge is 0.384 e. The summed E-state index contributed by atoms with van der Waals surface area (Å²) in [5, 5.41) is 6.45. The second kappa shape index (κ2) is 9.67. The van der Waals surface area contributed by atoms with Gasteiger partial charge in [0.15, 0.2) is 0 Å². The third-order valence-electron chi connectivity index (χ3n) is 6.02. The van der Waals surface area contributed by atoms with Crippen LogP contribution >= 0.6 is 0 Å². The van der Waals surface area contributed by atoms with Crippen LogP contribution in [-0.4, -0.2) is 38.8 Å². The SMILES string of the molecule is COCC1(C(=O)Nc2cccc(COC3CCCC(C)C3)c2)CCNCC1. The predicted molar refractivity (Wildman–Crippen MR) is 108 cm³/mol. The van der Waals surface area contributed by atoms with Crippen molar-refractivity contribution in [2.75, 3.05) is 32.1 Å². The molecule has 150 valence electrons.